The van der Waals surface area contributed by atoms with E-state index in [0.717, 1.165) is 6.42 Å². The van der Waals surface area contributed by atoms with Crippen LogP contribution in [0.3, 0.4) is 0 Å². The fourth-order valence-corrected chi connectivity index (χ4v) is 1.04. The molecule has 0 aliphatic heterocycles. The van der Waals surface area contributed by atoms with Crippen LogP contribution in [-0.4, -0.2) is 24.2 Å². The zero-order chi connectivity index (χ0) is 10.3. The molecule has 0 radical (unpaired) electrons. The average molecular weight is 187 g/mol. The average Bonchev–Trinajstić information content (AvgIpc) is 2.05. The Balaban J connectivity index is 3.56. The maximum atomic E-state index is 11.2. The summed E-state index contributed by atoms with van der Waals surface area (Å²) in [6.45, 7) is 6.79. The lowest BCUT2D eigenvalue weighted by Gasteiger charge is -2.13. The fourth-order valence-electron chi connectivity index (χ4n) is 1.04. The molecule has 1 unspecified atom stereocenters. The molecule has 3 heteroatoms. The minimum atomic E-state index is 0.0851. The molecule has 0 fully saturated rings. The van der Waals surface area contributed by atoms with E-state index in [1.54, 1.807) is 0 Å². The third-order valence-corrected chi connectivity index (χ3v) is 2.02. The van der Waals surface area contributed by atoms with E-state index in [4.69, 9.17) is 5.11 Å². The molecule has 0 saturated heterocycles. The van der Waals surface area contributed by atoms with Gasteiger partial charge in [0.1, 0.15) is 0 Å². The molecule has 78 valence electrons. The molecule has 1 atom stereocenters. The number of amides is 1. The van der Waals surface area contributed by atoms with Crippen molar-refractivity contribution >= 4 is 5.91 Å². The molecule has 2 N–H and O–H groups in total. The number of aliphatic hydroxyl groups is 1. The van der Waals surface area contributed by atoms with Gasteiger partial charge in [-0.2, -0.15) is 0 Å². The molecule has 1 amide bonds. The topological polar surface area (TPSA) is 49.3 Å². The Hall–Kier alpha value is -0.570. The smallest absolute Gasteiger partial charge is 0.220 e. The fraction of sp³-hybridized carbons (Fsp3) is 0.900. The van der Waals surface area contributed by atoms with Gasteiger partial charge in [0.25, 0.3) is 0 Å². The Kier molecular flexibility index (Phi) is 6.59. The number of hydrogen-bond donors (Lipinski definition) is 2. The first kappa shape index (κ1) is 12.4. The second kappa shape index (κ2) is 6.89. The van der Waals surface area contributed by atoms with E-state index in [0.29, 0.717) is 18.9 Å². The van der Waals surface area contributed by atoms with E-state index in [9.17, 15) is 4.79 Å². The van der Waals surface area contributed by atoms with Crippen LogP contribution in [0.4, 0.5) is 0 Å². The first-order valence-electron chi connectivity index (χ1n) is 4.97. The molecule has 0 aromatic heterocycles. The molecule has 0 aliphatic carbocycles. The molecule has 0 saturated carbocycles. The maximum Gasteiger partial charge on any atom is 0.220 e. The summed E-state index contributed by atoms with van der Waals surface area (Å²) in [7, 11) is 0. The van der Waals surface area contributed by atoms with Crippen molar-refractivity contribution in [3.8, 4) is 0 Å². The predicted octanol–water partition coefficient (Wildman–Crippen LogP) is 1.17. The van der Waals surface area contributed by atoms with Crippen molar-refractivity contribution < 1.29 is 9.90 Å². The molecule has 0 heterocycles. The third kappa shape index (κ3) is 6.58. The van der Waals surface area contributed by atoms with Gasteiger partial charge in [-0.25, -0.2) is 0 Å². The van der Waals surface area contributed by atoms with Gasteiger partial charge in [-0.15, -0.1) is 0 Å². The highest BCUT2D eigenvalue weighted by molar-refractivity contribution is 5.76. The van der Waals surface area contributed by atoms with Gasteiger partial charge in [-0.05, 0) is 18.3 Å². The standard InChI is InChI=1S/C10H21NO2/c1-4-9(7-12)6-11-10(13)5-8(2)3/h8-9,12H,4-7H2,1-3H3,(H,11,13). The Morgan fingerprint density at radius 2 is 2.08 bits per heavy atom. The van der Waals surface area contributed by atoms with Crippen molar-refractivity contribution in [1.82, 2.24) is 5.32 Å². The van der Waals surface area contributed by atoms with Crippen LogP contribution in [0.25, 0.3) is 0 Å². The van der Waals surface area contributed by atoms with Gasteiger partial charge in [0.05, 0.1) is 0 Å². The Bertz CT molecular complexity index is 142. The summed E-state index contributed by atoms with van der Waals surface area (Å²) < 4.78 is 0. The minimum absolute atomic E-state index is 0.0851. The van der Waals surface area contributed by atoms with Crippen molar-refractivity contribution in [3.05, 3.63) is 0 Å². The first-order chi connectivity index (χ1) is 6.10. The van der Waals surface area contributed by atoms with Crippen molar-refractivity contribution in [2.75, 3.05) is 13.2 Å². The molecule has 0 aromatic rings. The minimum Gasteiger partial charge on any atom is -0.396 e. The van der Waals surface area contributed by atoms with Gasteiger partial charge in [0, 0.05) is 19.6 Å². The van der Waals surface area contributed by atoms with Gasteiger partial charge >= 0.3 is 0 Å². The van der Waals surface area contributed by atoms with Crippen LogP contribution in [0.2, 0.25) is 0 Å². The summed E-state index contributed by atoms with van der Waals surface area (Å²) >= 11 is 0. The second-order valence-corrected chi connectivity index (χ2v) is 3.86. The van der Waals surface area contributed by atoms with E-state index >= 15 is 0 Å². The number of aliphatic hydroxyl groups excluding tert-OH is 1. The lowest BCUT2D eigenvalue weighted by atomic mass is 10.1. The number of rotatable bonds is 6. The van der Waals surface area contributed by atoms with Crippen LogP contribution < -0.4 is 5.32 Å². The molecule has 0 aliphatic rings. The SMILES string of the molecule is CCC(CO)CNC(=O)CC(C)C. The molecular weight excluding hydrogens is 166 g/mol. The Morgan fingerprint density at radius 1 is 1.46 bits per heavy atom. The molecule has 3 nitrogen and oxygen atoms in total. The number of carbonyl (C=O) groups excluding carboxylic acids is 1. The summed E-state index contributed by atoms with van der Waals surface area (Å²) in [6.07, 6.45) is 1.47. The van der Waals surface area contributed by atoms with E-state index in [-0.39, 0.29) is 18.4 Å². The van der Waals surface area contributed by atoms with Crippen molar-refractivity contribution in [2.45, 2.75) is 33.6 Å². The summed E-state index contributed by atoms with van der Waals surface area (Å²) in [5.74, 6) is 0.687. The number of nitrogens with one attached hydrogen (secondary N) is 1. The van der Waals surface area contributed by atoms with Crippen molar-refractivity contribution in [2.24, 2.45) is 11.8 Å². The Labute approximate surface area is 80.5 Å². The highest BCUT2D eigenvalue weighted by Crippen LogP contribution is 2.01. The van der Waals surface area contributed by atoms with Gasteiger partial charge in [-0.1, -0.05) is 20.8 Å². The molecule has 0 rings (SSSR count). The monoisotopic (exact) mass is 187 g/mol. The van der Waals surface area contributed by atoms with Crippen LogP contribution >= 0.6 is 0 Å². The van der Waals surface area contributed by atoms with Gasteiger partial charge in [0.2, 0.25) is 5.91 Å². The predicted molar refractivity (Wildman–Crippen MR) is 53.3 cm³/mol. The van der Waals surface area contributed by atoms with E-state index in [2.05, 4.69) is 5.32 Å². The van der Waals surface area contributed by atoms with E-state index in [1.807, 2.05) is 20.8 Å². The number of hydrogen-bond acceptors (Lipinski definition) is 2. The summed E-state index contributed by atoms with van der Waals surface area (Å²) in [5.41, 5.74) is 0. The van der Waals surface area contributed by atoms with Crippen LogP contribution in [0.1, 0.15) is 33.6 Å². The van der Waals surface area contributed by atoms with Gasteiger partial charge in [-0.3, -0.25) is 4.79 Å². The van der Waals surface area contributed by atoms with Crippen molar-refractivity contribution in [3.63, 3.8) is 0 Å². The second-order valence-electron chi connectivity index (χ2n) is 3.86. The largest absolute Gasteiger partial charge is 0.396 e. The molecule has 0 aromatic carbocycles. The lowest BCUT2D eigenvalue weighted by molar-refractivity contribution is -0.122. The third-order valence-electron chi connectivity index (χ3n) is 2.02. The van der Waals surface area contributed by atoms with Crippen LogP contribution in [-0.2, 0) is 4.79 Å². The van der Waals surface area contributed by atoms with E-state index < -0.39 is 0 Å². The van der Waals surface area contributed by atoms with Crippen LogP contribution in [0.5, 0.6) is 0 Å². The normalized spacial score (nSPS) is 13.0. The molecular formula is C10H21NO2. The summed E-state index contributed by atoms with van der Waals surface area (Å²) in [5, 5.41) is 11.7. The van der Waals surface area contributed by atoms with Crippen LogP contribution in [0.15, 0.2) is 0 Å². The zero-order valence-electron chi connectivity index (χ0n) is 8.84. The van der Waals surface area contributed by atoms with E-state index in [1.165, 1.54) is 0 Å². The Morgan fingerprint density at radius 3 is 2.46 bits per heavy atom. The lowest BCUT2D eigenvalue weighted by Crippen LogP contribution is -2.31. The van der Waals surface area contributed by atoms with Gasteiger partial charge < -0.3 is 10.4 Å². The quantitative estimate of drug-likeness (QED) is 0.655. The molecule has 0 bridgehead atoms. The number of carbonyl (C=O) groups is 1. The molecule has 13 heavy (non-hydrogen) atoms. The summed E-state index contributed by atoms with van der Waals surface area (Å²) in [6, 6.07) is 0. The van der Waals surface area contributed by atoms with Gasteiger partial charge in [0.15, 0.2) is 0 Å². The maximum absolute atomic E-state index is 11.2. The summed E-state index contributed by atoms with van der Waals surface area (Å²) in [4.78, 5) is 11.2. The van der Waals surface area contributed by atoms with Crippen LogP contribution in [0, 0.1) is 11.8 Å². The zero-order valence-corrected chi connectivity index (χ0v) is 8.84. The highest BCUT2D eigenvalue weighted by atomic mass is 16.3. The molecule has 0 spiro atoms. The van der Waals surface area contributed by atoms with Crippen molar-refractivity contribution in [1.29, 1.82) is 0 Å². The highest BCUT2D eigenvalue weighted by Gasteiger charge is 2.08. The first-order valence-corrected chi connectivity index (χ1v) is 4.97.